The Kier molecular flexibility index (Phi) is 5.75. The molecule has 0 fully saturated rings. The molecule has 0 aromatic heterocycles. The van der Waals surface area contributed by atoms with Gasteiger partial charge in [-0.15, -0.1) is 0 Å². The van der Waals surface area contributed by atoms with Gasteiger partial charge in [0.05, 0.1) is 7.11 Å². The molecule has 1 aromatic rings. The molecule has 0 aliphatic rings. The first-order valence-corrected chi connectivity index (χ1v) is 6.14. The van der Waals surface area contributed by atoms with Crippen LogP contribution in [0.25, 0.3) is 0 Å². The van der Waals surface area contributed by atoms with Gasteiger partial charge in [-0.2, -0.15) is 0 Å². The average molecular weight is 257 g/mol. The summed E-state index contributed by atoms with van der Waals surface area (Å²) in [6.45, 7) is 1.62. The zero-order chi connectivity index (χ0) is 12.8. The molecule has 0 radical (unpaired) electrons. The van der Waals surface area contributed by atoms with E-state index in [2.05, 4.69) is 19.0 Å². The zero-order valence-electron chi connectivity index (χ0n) is 10.7. The van der Waals surface area contributed by atoms with E-state index in [1.54, 1.807) is 7.11 Å². The lowest BCUT2D eigenvalue weighted by Gasteiger charge is -2.22. The molecule has 0 amide bonds. The molecular formula is C13H21ClN2O. The quantitative estimate of drug-likeness (QED) is 0.849. The third-order valence-corrected chi connectivity index (χ3v) is 3.08. The lowest BCUT2D eigenvalue weighted by atomic mass is 9.95. The number of hydrogen-bond donors (Lipinski definition) is 1. The molecule has 1 unspecified atom stereocenters. The minimum atomic E-state index is 0.369. The van der Waals surface area contributed by atoms with E-state index in [1.807, 2.05) is 18.2 Å². The van der Waals surface area contributed by atoms with Crippen LogP contribution in [0.15, 0.2) is 18.2 Å². The van der Waals surface area contributed by atoms with Gasteiger partial charge in [0.2, 0.25) is 0 Å². The van der Waals surface area contributed by atoms with Crippen molar-refractivity contribution in [2.45, 2.75) is 12.3 Å². The molecule has 17 heavy (non-hydrogen) atoms. The van der Waals surface area contributed by atoms with E-state index >= 15 is 0 Å². The summed E-state index contributed by atoms with van der Waals surface area (Å²) in [5.74, 6) is 1.16. The molecule has 0 spiro atoms. The lowest BCUT2D eigenvalue weighted by molar-refractivity contribution is 0.365. The second-order valence-electron chi connectivity index (χ2n) is 4.42. The van der Waals surface area contributed by atoms with Gasteiger partial charge in [-0.25, -0.2) is 0 Å². The van der Waals surface area contributed by atoms with Crippen molar-refractivity contribution < 1.29 is 4.74 Å². The number of nitrogens with zero attached hydrogens (tertiary/aromatic N) is 1. The van der Waals surface area contributed by atoms with Crippen LogP contribution in [0.4, 0.5) is 0 Å². The predicted octanol–water partition coefficient (Wildman–Crippen LogP) is 2.34. The van der Waals surface area contributed by atoms with Crippen molar-refractivity contribution in [2.24, 2.45) is 5.73 Å². The van der Waals surface area contributed by atoms with Crippen molar-refractivity contribution in [1.82, 2.24) is 4.90 Å². The molecular weight excluding hydrogens is 236 g/mol. The number of likely N-dealkylation sites (N-methyl/N-ethyl adjacent to an activating group) is 1. The van der Waals surface area contributed by atoms with Crippen molar-refractivity contribution in [3.8, 4) is 5.75 Å². The molecule has 1 rings (SSSR count). The van der Waals surface area contributed by atoms with Gasteiger partial charge in [-0.05, 0) is 50.7 Å². The molecule has 0 saturated carbocycles. The Labute approximate surface area is 109 Å². The van der Waals surface area contributed by atoms with Crippen LogP contribution in [-0.2, 0) is 0 Å². The van der Waals surface area contributed by atoms with E-state index in [1.165, 1.54) is 0 Å². The Morgan fingerprint density at radius 3 is 2.59 bits per heavy atom. The van der Waals surface area contributed by atoms with Crippen molar-refractivity contribution in [2.75, 3.05) is 34.3 Å². The standard InChI is InChI=1S/C13H21ClN2O/c1-16(2)9-10(6-7-15)12-5-4-11(17-3)8-13(12)14/h4-5,8,10H,6-7,9,15H2,1-3H3. The van der Waals surface area contributed by atoms with Gasteiger partial charge < -0.3 is 15.4 Å². The van der Waals surface area contributed by atoms with Crippen LogP contribution >= 0.6 is 11.6 Å². The number of halogens is 1. The number of benzene rings is 1. The van der Waals surface area contributed by atoms with Gasteiger partial charge in [0.1, 0.15) is 5.75 Å². The maximum absolute atomic E-state index is 6.28. The molecule has 0 saturated heterocycles. The van der Waals surface area contributed by atoms with Crippen molar-refractivity contribution >= 4 is 11.6 Å². The summed E-state index contributed by atoms with van der Waals surface area (Å²) in [6, 6.07) is 5.83. The highest BCUT2D eigenvalue weighted by molar-refractivity contribution is 6.31. The fraction of sp³-hybridized carbons (Fsp3) is 0.538. The highest BCUT2D eigenvalue weighted by Crippen LogP contribution is 2.30. The average Bonchev–Trinajstić information content (AvgIpc) is 2.27. The van der Waals surface area contributed by atoms with E-state index in [-0.39, 0.29) is 0 Å². The summed E-state index contributed by atoms with van der Waals surface area (Å²) < 4.78 is 5.15. The number of rotatable bonds is 6. The third-order valence-electron chi connectivity index (χ3n) is 2.75. The van der Waals surface area contributed by atoms with Crippen molar-refractivity contribution in [1.29, 1.82) is 0 Å². The highest BCUT2D eigenvalue weighted by Gasteiger charge is 2.15. The number of nitrogens with two attached hydrogens (primary N) is 1. The van der Waals surface area contributed by atoms with Gasteiger partial charge in [-0.3, -0.25) is 0 Å². The fourth-order valence-electron chi connectivity index (χ4n) is 1.95. The Hall–Kier alpha value is -0.770. The smallest absolute Gasteiger partial charge is 0.120 e. The molecule has 0 aliphatic carbocycles. The normalized spacial score (nSPS) is 12.8. The number of methoxy groups -OCH3 is 1. The summed E-state index contributed by atoms with van der Waals surface area (Å²) in [5, 5.41) is 0.754. The van der Waals surface area contributed by atoms with Crippen molar-refractivity contribution in [3.05, 3.63) is 28.8 Å². The topological polar surface area (TPSA) is 38.5 Å². The summed E-state index contributed by atoms with van der Waals surface area (Å²) in [7, 11) is 5.75. The highest BCUT2D eigenvalue weighted by atomic mass is 35.5. The van der Waals surface area contributed by atoms with E-state index in [4.69, 9.17) is 22.1 Å². The third kappa shape index (κ3) is 4.19. The van der Waals surface area contributed by atoms with E-state index in [9.17, 15) is 0 Å². The van der Waals surface area contributed by atoms with Gasteiger partial charge in [0, 0.05) is 11.6 Å². The summed E-state index contributed by atoms with van der Waals surface area (Å²) >= 11 is 6.28. The van der Waals surface area contributed by atoms with Gasteiger partial charge in [-0.1, -0.05) is 17.7 Å². The van der Waals surface area contributed by atoms with Crippen LogP contribution in [0, 0.1) is 0 Å². The molecule has 0 bridgehead atoms. The Balaban J connectivity index is 2.93. The molecule has 2 N–H and O–H groups in total. The monoisotopic (exact) mass is 256 g/mol. The van der Waals surface area contributed by atoms with Crippen LogP contribution < -0.4 is 10.5 Å². The second kappa shape index (κ2) is 6.84. The van der Waals surface area contributed by atoms with Gasteiger partial charge >= 0.3 is 0 Å². The molecule has 96 valence electrons. The van der Waals surface area contributed by atoms with E-state index in [0.717, 1.165) is 29.3 Å². The maximum Gasteiger partial charge on any atom is 0.120 e. The number of ether oxygens (including phenoxy) is 1. The molecule has 1 atom stereocenters. The fourth-order valence-corrected chi connectivity index (χ4v) is 2.28. The van der Waals surface area contributed by atoms with E-state index in [0.29, 0.717) is 12.5 Å². The summed E-state index contributed by atoms with van der Waals surface area (Å²) in [4.78, 5) is 2.15. The predicted molar refractivity (Wildman–Crippen MR) is 73.0 cm³/mol. The van der Waals surface area contributed by atoms with Crippen LogP contribution in [0.5, 0.6) is 5.75 Å². The first kappa shape index (κ1) is 14.3. The summed E-state index contributed by atoms with van der Waals surface area (Å²) in [6.07, 6.45) is 0.935. The summed E-state index contributed by atoms with van der Waals surface area (Å²) in [5.41, 5.74) is 6.81. The van der Waals surface area contributed by atoms with Crippen LogP contribution in [0.3, 0.4) is 0 Å². The molecule has 0 aliphatic heterocycles. The van der Waals surface area contributed by atoms with Gasteiger partial charge in [0.15, 0.2) is 0 Å². The van der Waals surface area contributed by atoms with Gasteiger partial charge in [0.25, 0.3) is 0 Å². The van der Waals surface area contributed by atoms with Crippen LogP contribution in [0.2, 0.25) is 5.02 Å². The van der Waals surface area contributed by atoms with Crippen LogP contribution in [0.1, 0.15) is 17.9 Å². The van der Waals surface area contributed by atoms with E-state index < -0.39 is 0 Å². The molecule has 4 heteroatoms. The number of hydrogen-bond acceptors (Lipinski definition) is 3. The maximum atomic E-state index is 6.28. The first-order chi connectivity index (χ1) is 8.08. The minimum Gasteiger partial charge on any atom is -0.497 e. The Bertz CT molecular complexity index is 355. The Morgan fingerprint density at radius 1 is 1.41 bits per heavy atom. The molecule has 0 heterocycles. The zero-order valence-corrected chi connectivity index (χ0v) is 11.5. The largest absolute Gasteiger partial charge is 0.497 e. The Morgan fingerprint density at radius 2 is 2.12 bits per heavy atom. The first-order valence-electron chi connectivity index (χ1n) is 5.76. The van der Waals surface area contributed by atoms with Crippen LogP contribution in [-0.4, -0.2) is 39.2 Å². The minimum absolute atomic E-state index is 0.369. The molecule has 1 aromatic carbocycles. The molecule has 3 nitrogen and oxygen atoms in total. The second-order valence-corrected chi connectivity index (χ2v) is 4.83. The lowest BCUT2D eigenvalue weighted by Crippen LogP contribution is -2.22. The SMILES string of the molecule is COc1ccc(C(CCN)CN(C)C)c(Cl)c1. The van der Waals surface area contributed by atoms with Crippen molar-refractivity contribution in [3.63, 3.8) is 0 Å².